The fourth-order valence-corrected chi connectivity index (χ4v) is 5.09. The van der Waals surface area contributed by atoms with Crippen molar-refractivity contribution in [3.63, 3.8) is 0 Å². The van der Waals surface area contributed by atoms with Crippen molar-refractivity contribution in [3.8, 4) is 5.75 Å². The molecule has 210 valence electrons. The van der Waals surface area contributed by atoms with E-state index in [1.54, 1.807) is 6.07 Å². The predicted octanol–water partition coefficient (Wildman–Crippen LogP) is 6.99. The molecule has 6 nitrogen and oxygen atoms in total. The van der Waals surface area contributed by atoms with Crippen LogP contribution in [0.4, 0.5) is 0 Å². The molecule has 0 unspecified atom stereocenters. The van der Waals surface area contributed by atoms with Gasteiger partial charge in [0.15, 0.2) is 6.10 Å². The number of fused-ring (bicyclic) bond motifs is 1. The zero-order valence-corrected chi connectivity index (χ0v) is 24.5. The summed E-state index contributed by atoms with van der Waals surface area (Å²) in [5.41, 5.74) is 7.56. The molecule has 0 spiro atoms. The molecule has 6 heteroatoms. The minimum Gasteiger partial charge on any atom is -0.479 e. The van der Waals surface area contributed by atoms with Gasteiger partial charge < -0.3 is 19.7 Å². The molecule has 0 bridgehead atoms. The molecule has 0 saturated carbocycles. The first kappa shape index (κ1) is 28.9. The standard InChI is InChI=1S/C34H40N2O4/c1-21-22(2)36(23(3)26-9-8-10-29(19-26)40-24(4)33(38)39)31-16-13-27(20-30(21)31)32(37)35-18-17-25-11-14-28(15-12-25)34(5,6)7/h8-16,19-20,23-24H,17-18H2,1-7H3,(H,35,37)(H,38,39)/t23-,24-/m0/s1. The van der Waals surface area contributed by atoms with Crippen molar-refractivity contribution < 1.29 is 19.4 Å². The number of aromatic nitrogens is 1. The van der Waals surface area contributed by atoms with Crippen molar-refractivity contribution in [2.45, 2.75) is 72.4 Å². The number of carboxylic acid groups (broad SMARTS) is 1. The number of ether oxygens (including phenoxy) is 1. The number of nitrogens with one attached hydrogen (secondary N) is 1. The van der Waals surface area contributed by atoms with Crippen LogP contribution in [0.1, 0.15) is 79.0 Å². The van der Waals surface area contributed by atoms with Crippen LogP contribution in [0.15, 0.2) is 66.7 Å². The Morgan fingerprint density at radius 3 is 2.33 bits per heavy atom. The largest absolute Gasteiger partial charge is 0.479 e. The summed E-state index contributed by atoms with van der Waals surface area (Å²) in [4.78, 5) is 24.2. The van der Waals surface area contributed by atoms with Crippen molar-refractivity contribution in [2.75, 3.05) is 6.54 Å². The molecule has 40 heavy (non-hydrogen) atoms. The molecule has 4 rings (SSSR count). The molecule has 0 fully saturated rings. The van der Waals surface area contributed by atoms with Crippen LogP contribution in [0.25, 0.3) is 10.9 Å². The molecule has 1 aromatic heterocycles. The van der Waals surface area contributed by atoms with Gasteiger partial charge in [0.2, 0.25) is 0 Å². The summed E-state index contributed by atoms with van der Waals surface area (Å²) in [6.07, 6.45) is -0.154. The highest BCUT2D eigenvalue weighted by atomic mass is 16.5. The lowest BCUT2D eigenvalue weighted by Gasteiger charge is -2.20. The lowest BCUT2D eigenvalue weighted by atomic mass is 9.86. The van der Waals surface area contributed by atoms with Gasteiger partial charge in [-0.1, -0.05) is 57.2 Å². The Morgan fingerprint density at radius 2 is 1.68 bits per heavy atom. The van der Waals surface area contributed by atoms with Gasteiger partial charge in [-0.15, -0.1) is 0 Å². The average Bonchev–Trinajstić information content (AvgIpc) is 3.17. The van der Waals surface area contributed by atoms with Crippen LogP contribution >= 0.6 is 0 Å². The van der Waals surface area contributed by atoms with Crippen molar-refractivity contribution in [3.05, 3.63) is 100 Å². The minimum absolute atomic E-state index is 0.0239. The molecule has 2 atom stereocenters. The first-order valence-electron chi connectivity index (χ1n) is 13.8. The number of benzene rings is 3. The van der Waals surface area contributed by atoms with Gasteiger partial charge in [0, 0.05) is 28.7 Å². The third-order valence-corrected chi connectivity index (χ3v) is 7.73. The van der Waals surface area contributed by atoms with E-state index in [-0.39, 0.29) is 17.4 Å². The van der Waals surface area contributed by atoms with Gasteiger partial charge in [-0.25, -0.2) is 4.79 Å². The second-order valence-electron chi connectivity index (χ2n) is 11.6. The van der Waals surface area contributed by atoms with Crippen LogP contribution in [-0.4, -0.2) is 34.2 Å². The van der Waals surface area contributed by atoms with Crippen LogP contribution in [-0.2, 0) is 16.6 Å². The van der Waals surface area contributed by atoms with Crippen LogP contribution < -0.4 is 10.1 Å². The van der Waals surface area contributed by atoms with Crippen molar-refractivity contribution >= 4 is 22.8 Å². The quantitative estimate of drug-likeness (QED) is 0.240. The van der Waals surface area contributed by atoms with Gasteiger partial charge in [-0.3, -0.25) is 4.79 Å². The van der Waals surface area contributed by atoms with E-state index >= 15 is 0 Å². The van der Waals surface area contributed by atoms with Crippen LogP contribution in [0.5, 0.6) is 5.75 Å². The zero-order valence-electron chi connectivity index (χ0n) is 24.5. The summed E-state index contributed by atoms with van der Waals surface area (Å²) in [6, 6.07) is 22.0. The van der Waals surface area contributed by atoms with Crippen molar-refractivity contribution in [1.82, 2.24) is 9.88 Å². The zero-order chi connectivity index (χ0) is 29.2. The summed E-state index contributed by atoms with van der Waals surface area (Å²) < 4.78 is 7.85. The van der Waals surface area contributed by atoms with E-state index in [1.807, 2.05) is 36.4 Å². The number of aryl methyl sites for hydroxylation is 1. The van der Waals surface area contributed by atoms with Crippen LogP contribution in [0, 0.1) is 13.8 Å². The van der Waals surface area contributed by atoms with Gasteiger partial charge in [-0.2, -0.15) is 0 Å². The first-order chi connectivity index (χ1) is 18.9. The number of carbonyl (C=O) groups is 2. The number of hydrogen-bond acceptors (Lipinski definition) is 3. The molecule has 4 aromatic rings. The van der Waals surface area contributed by atoms with E-state index in [1.165, 1.54) is 18.1 Å². The number of aliphatic carboxylic acids is 1. The molecule has 1 amide bonds. The highest BCUT2D eigenvalue weighted by Gasteiger charge is 2.20. The summed E-state index contributed by atoms with van der Waals surface area (Å²) in [5.74, 6) is -0.562. The van der Waals surface area contributed by atoms with E-state index in [2.05, 4.69) is 75.7 Å². The maximum atomic E-state index is 13.0. The fourth-order valence-electron chi connectivity index (χ4n) is 5.09. The number of nitrogens with zero attached hydrogens (tertiary/aromatic N) is 1. The highest BCUT2D eigenvalue weighted by molar-refractivity contribution is 5.99. The van der Waals surface area contributed by atoms with Crippen molar-refractivity contribution in [2.24, 2.45) is 0 Å². The molecule has 0 aliphatic heterocycles. The number of hydrogen-bond donors (Lipinski definition) is 2. The lowest BCUT2D eigenvalue weighted by molar-refractivity contribution is -0.144. The number of carboxylic acids is 1. The van der Waals surface area contributed by atoms with Gasteiger partial charge in [0.05, 0.1) is 6.04 Å². The number of amides is 1. The maximum absolute atomic E-state index is 13.0. The predicted molar refractivity (Wildman–Crippen MR) is 161 cm³/mol. The monoisotopic (exact) mass is 540 g/mol. The highest BCUT2D eigenvalue weighted by Crippen LogP contribution is 2.33. The minimum atomic E-state index is -1.00. The van der Waals surface area contributed by atoms with Gasteiger partial charge >= 0.3 is 5.97 Å². The molecule has 0 aliphatic carbocycles. The third-order valence-electron chi connectivity index (χ3n) is 7.73. The molecule has 0 aliphatic rings. The average molecular weight is 541 g/mol. The maximum Gasteiger partial charge on any atom is 0.344 e. The van der Waals surface area contributed by atoms with E-state index in [4.69, 9.17) is 4.74 Å². The van der Waals surface area contributed by atoms with E-state index in [0.717, 1.165) is 34.1 Å². The van der Waals surface area contributed by atoms with Gasteiger partial charge in [0.1, 0.15) is 5.75 Å². The van der Waals surface area contributed by atoms with Crippen LogP contribution in [0.2, 0.25) is 0 Å². The van der Waals surface area contributed by atoms with Gasteiger partial charge in [0.25, 0.3) is 5.91 Å². The normalized spacial score (nSPS) is 13.2. The first-order valence-corrected chi connectivity index (χ1v) is 13.8. The molecule has 3 aromatic carbocycles. The van der Waals surface area contributed by atoms with Crippen molar-refractivity contribution in [1.29, 1.82) is 0 Å². The Labute approximate surface area is 237 Å². The number of carbonyl (C=O) groups excluding carboxylic acids is 1. The Hall–Kier alpha value is -4.06. The molecular formula is C34H40N2O4. The van der Waals surface area contributed by atoms with E-state index in [0.29, 0.717) is 17.9 Å². The fraction of sp³-hybridized carbons (Fsp3) is 0.353. The molecular weight excluding hydrogens is 500 g/mol. The Bertz CT molecular complexity index is 1530. The molecule has 1 heterocycles. The van der Waals surface area contributed by atoms with E-state index in [9.17, 15) is 14.7 Å². The molecule has 0 saturated heterocycles. The summed E-state index contributed by atoms with van der Waals surface area (Å²) in [6.45, 7) is 15.0. The lowest BCUT2D eigenvalue weighted by Crippen LogP contribution is -2.25. The Kier molecular flexibility index (Phi) is 8.38. The van der Waals surface area contributed by atoms with Crippen LogP contribution in [0.3, 0.4) is 0 Å². The smallest absolute Gasteiger partial charge is 0.344 e. The second-order valence-corrected chi connectivity index (χ2v) is 11.6. The molecule has 0 radical (unpaired) electrons. The third kappa shape index (κ3) is 6.22. The second kappa shape index (κ2) is 11.6. The Morgan fingerprint density at radius 1 is 0.975 bits per heavy atom. The van der Waals surface area contributed by atoms with E-state index < -0.39 is 12.1 Å². The summed E-state index contributed by atoms with van der Waals surface area (Å²) in [7, 11) is 0. The summed E-state index contributed by atoms with van der Waals surface area (Å²) >= 11 is 0. The Balaban J connectivity index is 1.50. The molecule has 2 N–H and O–H groups in total. The summed E-state index contributed by atoms with van der Waals surface area (Å²) in [5, 5.41) is 13.3. The topological polar surface area (TPSA) is 80.6 Å². The van der Waals surface area contributed by atoms with Gasteiger partial charge in [-0.05, 0) is 92.1 Å². The number of rotatable bonds is 9. The SMILES string of the molecule is Cc1c(C)n([C@@H](C)c2cccc(O[C@@H](C)C(=O)O)c2)c2ccc(C(=O)NCCc3ccc(C(C)(C)C)cc3)cc12.